The number of carbonyl (C=O) groups excluding carboxylic acids is 1. The van der Waals surface area contributed by atoms with E-state index in [1.807, 2.05) is 0 Å². The summed E-state index contributed by atoms with van der Waals surface area (Å²) in [6.45, 7) is 4.42. The zero-order valence-corrected chi connectivity index (χ0v) is 14.0. The Bertz CT molecular complexity index is 571. The third-order valence-corrected chi connectivity index (χ3v) is 6.03. The number of nitrogens with zero attached hydrogens (tertiary/aromatic N) is 1. The first-order chi connectivity index (χ1) is 10.6. The fraction of sp³-hybridized carbons (Fsp3) is 0.632. The summed E-state index contributed by atoms with van der Waals surface area (Å²) in [6, 6.07) is 6.48. The fourth-order valence-electron chi connectivity index (χ4n) is 5.14. The van der Waals surface area contributed by atoms with E-state index in [-0.39, 0.29) is 10.8 Å². The Labute approximate surface area is 133 Å². The van der Waals surface area contributed by atoms with Crippen LogP contribution in [-0.2, 0) is 16.6 Å². The summed E-state index contributed by atoms with van der Waals surface area (Å²) in [7, 11) is 3.93. The molecule has 1 heterocycles. The van der Waals surface area contributed by atoms with Crippen LogP contribution in [0.5, 0.6) is 5.75 Å². The van der Waals surface area contributed by atoms with E-state index in [0.717, 1.165) is 38.0 Å². The lowest BCUT2D eigenvalue weighted by molar-refractivity contribution is -0.111. The second kappa shape index (κ2) is 5.69. The van der Waals surface area contributed by atoms with Crippen LogP contribution in [0, 0.1) is 5.41 Å². The van der Waals surface area contributed by atoms with E-state index in [0.29, 0.717) is 6.42 Å². The van der Waals surface area contributed by atoms with Gasteiger partial charge in [0.1, 0.15) is 12.0 Å². The van der Waals surface area contributed by atoms with Gasteiger partial charge in [0.2, 0.25) is 0 Å². The molecule has 1 saturated heterocycles. The number of benzene rings is 1. The zero-order chi connectivity index (χ0) is 15.8. The molecule has 1 fully saturated rings. The molecular weight excluding hydrogens is 274 g/mol. The van der Waals surface area contributed by atoms with Gasteiger partial charge in [-0.3, -0.25) is 0 Å². The first-order valence-electron chi connectivity index (χ1n) is 8.40. The van der Waals surface area contributed by atoms with Crippen molar-refractivity contribution in [3.63, 3.8) is 0 Å². The fourth-order valence-corrected chi connectivity index (χ4v) is 5.14. The Morgan fingerprint density at radius 2 is 2.23 bits per heavy atom. The van der Waals surface area contributed by atoms with E-state index in [2.05, 4.69) is 37.1 Å². The number of rotatable bonds is 5. The zero-order valence-electron chi connectivity index (χ0n) is 14.0. The van der Waals surface area contributed by atoms with Crippen LogP contribution in [0.4, 0.5) is 0 Å². The van der Waals surface area contributed by atoms with Gasteiger partial charge in [-0.25, -0.2) is 0 Å². The summed E-state index contributed by atoms with van der Waals surface area (Å²) in [5, 5.41) is 0. The summed E-state index contributed by atoms with van der Waals surface area (Å²) in [6.07, 6.45) is 6.30. The summed E-state index contributed by atoms with van der Waals surface area (Å²) in [5.74, 6) is 0.912. The smallest absolute Gasteiger partial charge is 0.120 e. The van der Waals surface area contributed by atoms with Gasteiger partial charge in [0.25, 0.3) is 0 Å². The molecule has 3 rings (SSSR count). The summed E-state index contributed by atoms with van der Waals surface area (Å²) < 4.78 is 5.46. The van der Waals surface area contributed by atoms with Crippen molar-refractivity contribution in [1.29, 1.82) is 0 Å². The molecule has 0 amide bonds. The highest BCUT2D eigenvalue weighted by Gasteiger charge is 2.58. The van der Waals surface area contributed by atoms with Crippen molar-refractivity contribution in [2.24, 2.45) is 5.41 Å². The molecule has 2 unspecified atom stereocenters. The molecule has 0 saturated carbocycles. The van der Waals surface area contributed by atoms with Gasteiger partial charge in [-0.05, 0) is 61.5 Å². The van der Waals surface area contributed by atoms with Crippen LogP contribution in [0.15, 0.2) is 18.2 Å². The number of carbonyl (C=O) groups is 1. The average Bonchev–Trinajstić information content (AvgIpc) is 2.77. The summed E-state index contributed by atoms with van der Waals surface area (Å²) in [5.41, 5.74) is 3.00. The van der Waals surface area contributed by atoms with Crippen molar-refractivity contribution in [2.75, 3.05) is 27.2 Å². The molecule has 0 spiro atoms. The predicted octanol–water partition coefficient (Wildman–Crippen LogP) is 3.20. The number of aldehydes is 1. The molecule has 1 aromatic rings. The highest BCUT2D eigenvalue weighted by Crippen LogP contribution is 2.60. The van der Waals surface area contributed by atoms with E-state index < -0.39 is 0 Å². The van der Waals surface area contributed by atoms with Gasteiger partial charge in [0, 0.05) is 18.4 Å². The van der Waals surface area contributed by atoms with Crippen molar-refractivity contribution < 1.29 is 9.53 Å². The first kappa shape index (κ1) is 15.5. The minimum Gasteiger partial charge on any atom is -0.497 e. The van der Waals surface area contributed by atoms with Crippen molar-refractivity contribution in [3.05, 3.63) is 29.3 Å². The molecule has 0 aromatic heterocycles. The number of hydrogen-bond acceptors (Lipinski definition) is 3. The van der Waals surface area contributed by atoms with Crippen molar-refractivity contribution in [1.82, 2.24) is 4.90 Å². The lowest BCUT2D eigenvalue weighted by Gasteiger charge is -2.52. The Kier molecular flexibility index (Phi) is 4.02. The van der Waals surface area contributed by atoms with Crippen LogP contribution in [0.3, 0.4) is 0 Å². The normalized spacial score (nSPS) is 30.7. The molecule has 22 heavy (non-hydrogen) atoms. The Morgan fingerprint density at radius 1 is 1.41 bits per heavy atom. The van der Waals surface area contributed by atoms with E-state index in [4.69, 9.17) is 4.74 Å². The van der Waals surface area contributed by atoms with Crippen LogP contribution < -0.4 is 4.74 Å². The lowest BCUT2D eigenvalue weighted by Crippen LogP contribution is -2.55. The standard InChI is InChI=1S/C19H27NO2/c1-4-7-18-13-15-5-6-16(22-3)12-17(15)19(18,9-11-21)8-10-20(2)14-18/h5-6,11-12H,4,7-10,13-14H2,1-3H3. The molecule has 0 radical (unpaired) electrons. The van der Waals surface area contributed by atoms with Crippen molar-refractivity contribution in [2.45, 2.75) is 44.4 Å². The second-order valence-electron chi connectivity index (χ2n) is 7.17. The minimum absolute atomic E-state index is 0.00113. The van der Waals surface area contributed by atoms with Gasteiger partial charge in [-0.1, -0.05) is 19.4 Å². The van der Waals surface area contributed by atoms with Gasteiger partial charge >= 0.3 is 0 Å². The lowest BCUT2D eigenvalue weighted by atomic mass is 9.56. The van der Waals surface area contributed by atoms with Crippen molar-refractivity contribution in [3.8, 4) is 5.75 Å². The van der Waals surface area contributed by atoms with Crippen LogP contribution in [0.1, 0.15) is 43.7 Å². The van der Waals surface area contributed by atoms with Gasteiger partial charge in [0.15, 0.2) is 0 Å². The van der Waals surface area contributed by atoms with E-state index in [1.54, 1.807) is 7.11 Å². The maximum absolute atomic E-state index is 11.6. The summed E-state index contributed by atoms with van der Waals surface area (Å²) in [4.78, 5) is 14.0. The predicted molar refractivity (Wildman–Crippen MR) is 88.5 cm³/mol. The number of piperidine rings is 1. The SMILES string of the molecule is CCCC12Cc3ccc(OC)cc3C1(CC=O)CCN(C)C2. The molecule has 2 atom stereocenters. The Hall–Kier alpha value is -1.35. The number of methoxy groups -OCH3 is 1. The molecule has 2 aliphatic rings. The molecule has 0 N–H and O–H groups in total. The topological polar surface area (TPSA) is 29.5 Å². The van der Waals surface area contributed by atoms with Gasteiger partial charge in [-0.15, -0.1) is 0 Å². The van der Waals surface area contributed by atoms with E-state index in [9.17, 15) is 4.79 Å². The second-order valence-corrected chi connectivity index (χ2v) is 7.17. The van der Waals surface area contributed by atoms with Gasteiger partial charge in [-0.2, -0.15) is 0 Å². The molecule has 0 bridgehead atoms. The molecule has 1 aliphatic carbocycles. The van der Waals surface area contributed by atoms with E-state index >= 15 is 0 Å². The average molecular weight is 301 g/mol. The molecular formula is C19H27NO2. The monoisotopic (exact) mass is 301 g/mol. The van der Waals surface area contributed by atoms with Gasteiger partial charge in [0.05, 0.1) is 7.11 Å². The van der Waals surface area contributed by atoms with Crippen molar-refractivity contribution >= 4 is 6.29 Å². The third kappa shape index (κ3) is 2.10. The number of likely N-dealkylation sites (tertiary alicyclic amines) is 1. The Balaban J connectivity index is 2.16. The Morgan fingerprint density at radius 3 is 2.91 bits per heavy atom. The maximum Gasteiger partial charge on any atom is 0.120 e. The van der Waals surface area contributed by atoms with Crippen LogP contribution in [-0.4, -0.2) is 38.4 Å². The molecule has 120 valence electrons. The molecule has 1 aliphatic heterocycles. The number of fused-ring (bicyclic) bond motifs is 3. The maximum atomic E-state index is 11.6. The highest BCUT2D eigenvalue weighted by atomic mass is 16.5. The first-order valence-corrected chi connectivity index (χ1v) is 8.40. The van der Waals surface area contributed by atoms with Crippen LogP contribution in [0.25, 0.3) is 0 Å². The quantitative estimate of drug-likeness (QED) is 0.782. The number of hydrogen-bond donors (Lipinski definition) is 0. The number of ether oxygens (including phenoxy) is 1. The third-order valence-electron chi connectivity index (χ3n) is 6.03. The molecule has 3 heteroatoms. The minimum atomic E-state index is 0.00113. The van der Waals surface area contributed by atoms with Crippen LogP contribution >= 0.6 is 0 Å². The largest absolute Gasteiger partial charge is 0.497 e. The van der Waals surface area contributed by atoms with E-state index in [1.165, 1.54) is 24.0 Å². The van der Waals surface area contributed by atoms with Crippen LogP contribution in [0.2, 0.25) is 0 Å². The van der Waals surface area contributed by atoms with Gasteiger partial charge < -0.3 is 14.4 Å². The highest BCUT2D eigenvalue weighted by molar-refractivity contribution is 5.59. The summed E-state index contributed by atoms with van der Waals surface area (Å²) >= 11 is 0. The molecule has 3 nitrogen and oxygen atoms in total. The molecule has 1 aromatic carbocycles.